The summed E-state index contributed by atoms with van der Waals surface area (Å²) in [6.45, 7) is 5.98. The highest BCUT2D eigenvalue weighted by atomic mass is 15.2. The van der Waals surface area contributed by atoms with Crippen molar-refractivity contribution in [1.82, 2.24) is 4.90 Å². The topological polar surface area (TPSA) is 29.3 Å². The van der Waals surface area contributed by atoms with Gasteiger partial charge in [0, 0.05) is 12.6 Å². The summed E-state index contributed by atoms with van der Waals surface area (Å²) in [7, 11) is 0. The van der Waals surface area contributed by atoms with E-state index in [0.717, 1.165) is 24.4 Å². The van der Waals surface area contributed by atoms with Crippen molar-refractivity contribution in [3.63, 3.8) is 0 Å². The summed E-state index contributed by atoms with van der Waals surface area (Å²) >= 11 is 0. The van der Waals surface area contributed by atoms with E-state index in [1.54, 1.807) is 0 Å². The number of rotatable bonds is 3. The van der Waals surface area contributed by atoms with Gasteiger partial charge in [-0.1, -0.05) is 26.2 Å². The van der Waals surface area contributed by atoms with Crippen LogP contribution in [0.5, 0.6) is 0 Å². The van der Waals surface area contributed by atoms with Crippen molar-refractivity contribution in [2.24, 2.45) is 23.0 Å². The van der Waals surface area contributed by atoms with Crippen molar-refractivity contribution >= 4 is 0 Å². The number of hydrogen-bond acceptors (Lipinski definition) is 2. The highest BCUT2D eigenvalue weighted by Crippen LogP contribution is 2.43. The van der Waals surface area contributed by atoms with Gasteiger partial charge in [0.1, 0.15) is 0 Å². The lowest BCUT2D eigenvalue weighted by atomic mass is 9.69. The van der Waals surface area contributed by atoms with Crippen LogP contribution in [0, 0.1) is 17.3 Å². The average Bonchev–Trinajstić information content (AvgIpc) is 2.88. The first-order chi connectivity index (χ1) is 9.22. The van der Waals surface area contributed by atoms with Crippen molar-refractivity contribution in [3.8, 4) is 0 Å². The van der Waals surface area contributed by atoms with Crippen LogP contribution in [0.2, 0.25) is 0 Å². The van der Waals surface area contributed by atoms with Gasteiger partial charge in [-0.05, 0) is 68.9 Å². The maximum atomic E-state index is 6.23. The Labute approximate surface area is 119 Å². The maximum absolute atomic E-state index is 6.23. The number of fused-ring (bicyclic) bond motifs is 1. The largest absolute Gasteiger partial charge is 0.330 e. The molecule has 2 N–H and O–H groups in total. The summed E-state index contributed by atoms with van der Waals surface area (Å²) in [6, 6.07) is 0.911. The molecule has 0 radical (unpaired) electrons. The molecule has 1 aliphatic heterocycles. The molecule has 3 aliphatic rings. The van der Waals surface area contributed by atoms with Crippen LogP contribution in [0.15, 0.2) is 0 Å². The fourth-order valence-corrected chi connectivity index (χ4v) is 5.35. The van der Waals surface area contributed by atoms with Crippen LogP contribution < -0.4 is 5.73 Å². The molecular formula is C17H32N2. The third-order valence-corrected chi connectivity index (χ3v) is 6.27. The highest BCUT2D eigenvalue weighted by molar-refractivity contribution is 4.95. The zero-order valence-corrected chi connectivity index (χ0v) is 12.7. The molecule has 2 aliphatic carbocycles. The number of piperidine rings is 1. The fourth-order valence-electron chi connectivity index (χ4n) is 5.35. The highest BCUT2D eigenvalue weighted by Gasteiger charge is 2.41. The summed E-state index contributed by atoms with van der Waals surface area (Å²) in [6.07, 6.45) is 12.9. The third-order valence-electron chi connectivity index (χ3n) is 6.27. The van der Waals surface area contributed by atoms with Crippen LogP contribution in [-0.2, 0) is 0 Å². The van der Waals surface area contributed by atoms with Crippen LogP contribution in [0.3, 0.4) is 0 Å². The Morgan fingerprint density at radius 1 is 1.11 bits per heavy atom. The van der Waals surface area contributed by atoms with Crippen LogP contribution in [0.1, 0.15) is 64.7 Å². The second kappa shape index (κ2) is 5.73. The second-order valence-electron chi connectivity index (χ2n) is 7.78. The first-order valence-corrected chi connectivity index (χ1v) is 8.67. The molecule has 0 amide bonds. The Morgan fingerprint density at radius 2 is 1.95 bits per heavy atom. The Morgan fingerprint density at radius 3 is 2.74 bits per heavy atom. The minimum absolute atomic E-state index is 0.447. The lowest BCUT2D eigenvalue weighted by Crippen LogP contribution is -2.51. The predicted molar refractivity (Wildman–Crippen MR) is 81.1 cm³/mol. The van der Waals surface area contributed by atoms with E-state index in [2.05, 4.69) is 11.8 Å². The molecule has 3 fully saturated rings. The molecule has 4 unspecified atom stereocenters. The smallest absolute Gasteiger partial charge is 0.0124 e. The maximum Gasteiger partial charge on any atom is 0.0124 e. The van der Waals surface area contributed by atoms with Gasteiger partial charge in [0.25, 0.3) is 0 Å². The van der Waals surface area contributed by atoms with E-state index in [1.165, 1.54) is 70.9 Å². The van der Waals surface area contributed by atoms with Crippen molar-refractivity contribution in [2.45, 2.75) is 70.8 Å². The molecule has 0 bridgehead atoms. The molecule has 3 rings (SSSR count). The molecule has 110 valence electrons. The molecule has 19 heavy (non-hydrogen) atoms. The number of nitrogens with two attached hydrogens (primary N) is 1. The minimum Gasteiger partial charge on any atom is -0.330 e. The van der Waals surface area contributed by atoms with Crippen molar-refractivity contribution in [3.05, 3.63) is 0 Å². The standard InChI is InChI=1S/C17H32N2/c1-14-5-3-9-17(11-14,12-18)13-19-10-4-7-15-6-2-8-16(15)19/h14-16H,2-13,18H2,1H3. The Bertz CT molecular complexity index is 304. The molecule has 4 atom stereocenters. The summed E-state index contributed by atoms with van der Waals surface area (Å²) in [5, 5.41) is 0. The van der Waals surface area contributed by atoms with Crippen molar-refractivity contribution < 1.29 is 0 Å². The van der Waals surface area contributed by atoms with Crippen LogP contribution >= 0.6 is 0 Å². The van der Waals surface area contributed by atoms with E-state index in [9.17, 15) is 0 Å². The average molecular weight is 264 g/mol. The lowest BCUT2D eigenvalue weighted by molar-refractivity contribution is 0.0327. The van der Waals surface area contributed by atoms with Gasteiger partial charge in [-0.25, -0.2) is 0 Å². The Kier molecular flexibility index (Phi) is 4.19. The monoisotopic (exact) mass is 264 g/mol. The van der Waals surface area contributed by atoms with Gasteiger partial charge in [-0.3, -0.25) is 4.90 Å². The SMILES string of the molecule is CC1CCCC(CN)(CN2CCCC3CCCC32)C1. The van der Waals surface area contributed by atoms with Crippen LogP contribution in [0.4, 0.5) is 0 Å². The molecule has 2 nitrogen and oxygen atoms in total. The molecule has 1 saturated heterocycles. The zero-order valence-electron chi connectivity index (χ0n) is 12.7. The first kappa shape index (κ1) is 13.9. The molecule has 2 heteroatoms. The molecule has 1 heterocycles. The number of hydrogen-bond donors (Lipinski definition) is 1. The normalized spacial score (nSPS) is 44.2. The molecule has 0 aromatic heterocycles. The summed E-state index contributed by atoms with van der Waals surface area (Å²) < 4.78 is 0. The van der Waals surface area contributed by atoms with Crippen molar-refractivity contribution in [1.29, 1.82) is 0 Å². The minimum atomic E-state index is 0.447. The lowest BCUT2D eigenvalue weighted by Gasteiger charge is -2.47. The Balaban J connectivity index is 1.67. The molecular weight excluding hydrogens is 232 g/mol. The van der Waals surface area contributed by atoms with E-state index < -0.39 is 0 Å². The predicted octanol–water partition coefficient (Wildman–Crippen LogP) is 3.41. The summed E-state index contributed by atoms with van der Waals surface area (Å²) in [4.78, 5) is 2.85. The molecule has 0 aromatic rings. The van der Waals surface area contributed by atoms with Crippen molar-refractivity contribution in [2.75, 3.05) is 19.6 Å². The molecule has 0 aromatic carbocycles. The Hall–Kier alpha value is -0.0800. The van der Waals surface area contributed by atoms with Gasteiger partial charge >= 0.3 is 0 Å². The quantitative estimate of drug-likeness (QED) is 0.846. The van der Waals surface area contributed by atoms with Gasteiger partial charge in [0.2, 0.25) is 0 Å². The zero-order chi connectivity index (χ0) is 13.3. The van der Waals surface area contributed by atoms with Crippen LogP contribution in [-0.4, -0.2) is 30.6 Å². The second-order valence-corrected chi connectivity index (χ2v) is 7.78. The van der Waals surface area contributed by atoms with E-state index >= 15 is 0 Å². The van der Waals surface area contributed by atoms with Gasteiger partial charge in [-0.2, -0.15) is 0 Å². The number of likely N-dealkylation sites (tertiary alicyclic amines) is 1. The van der Waals surface area contributed by atoms with E-state index in [1.807, 2.05) is 0 Å². The van der Waals surface area contributed by atoms with E-state index in [-0.39, 0.29) is 0 Å². The molecule has 0 spiro atoms. The van der Waals surface area contributed by atoms with Gasteiger partial charge < -0.3 is 5.73 Å². The van der Waals surface area contributed by atoms with Gasteiger partial charge in [0.15, 0.2) is 0 Å². The third kappa shape index (κ3) is 2.85. The molecule has 2 saturated carbocycles. The van der Waals surface area contributed by atoms with Gasteiger partial charge in [0.05, 0.1) is 0 Å². The summed E-state index contributed by atoms with van der Waals surface area (Å²) in [5.74, 6) is 1.91. The van der Waals surface area contributed by atoms with E-state index in [0.29, 0.717) is 5.41 Å². The summed E-state index contributed by atoms with van der Waals surface area (Å²) in [5.41, 5.74) is 6.67. The van der Waals surface area contributed by atoms with E-state index in [4.69, 9.17) is 5.73 Å². The fraction of sp³-hybridized carbons (Fsp3) is 1.00. The number of nitrogens with zero attached hydrogens (tertiary/aromatic N) is 1. The first-order valence-electron chi connectivity index (χ1n) is 8.67. The van der Waals surface area contributed by atoms with Gasteiger partial charge in [-0.15, -0.1) is 0 Å². The van der Waals surface area contributed by atoms with Crippen LogP contribution in [0.25, 0.3) is 0 Å².